The van der Waals surface area contributed by atoms with E-state index >= 15 is 0 Å². The lowest BCUT2D eigenvalue weighted by Gasteiger charge is -2.08. The van der Waals surface area contributed by atoms with Crippen LogP contribution in [0.3, 0.4) is 0 Å². The number of benzene rings is 1. The molecule has 0 aliphatic rings. The molecule has 5 heteroatoms. The number of nitrogens with two attached hydrogens (primary N) is 2. The Morgan fingerprint density at radius 3 is 2.83 bits per heavy atom. The SMILES string of the molecule is NCc1cccc(Oc2ncccc2C(N)=O)c1. The summed E-state index contributed by atoms with van der Waals surface area (Å²) < 4.78 is 5.55. The van der Waals surface area contributed by atoms with Crippen LogP contribution in [0.5, 0.6) is 11.6 Å². The van der Waals surface area contributed by atoms with Crippen LogP contribution in [0.1, 0.15) is 15.9 Å². The van der Waals surface area contributed by atoms with Gasteiger partial charge in [-0.05, 0) is 29.8 Å². The van der Waals surface area contributed by atoms with E-state index in [2.05, 4.69) is 4.98 Å². The highest BCUT2D eigenvalue weighted by atomic mass is 16.5. The summed E-state index contributed by atoms with van der Waals surface area (Å²) in [6.45, 7) is 0.419. The summed E-state index contributed by atoms with van der Waals surface area (Å²) in [5.74, 6) is 0.186. The number of primary amides is 1. The maximum absolute atomic E-state index is 11.2. The molecule has 0 saturated heterocycles. The maximum atomic E-state index is 11.2. The number of carbonyl (C=O) groups is 1. The second-order valence-corrected chi connectivity index (χ2v) is 3.67. The second-order valence-electron chi connectivity index (χ2n) is 3.67. The summed E-state index contributed by atoms with van der Waals surface area (Å²) in [6, 6.07) is 10.5. The highest BCUT2D eigenvalue weighted by molar-refractivity contribution is 5.95. The molecule has 0 saturated carbocycles. The fraction of sp³-hybridized carbons (Fsp3) is 0.0769. The van der Waals surface area contributed by atoms with Crippen molar-refractivity contribution in [1.29, 1.82) is 0 Å². The molecule has 0 bridgehead atoms. The maximum Gasteiger partial charge on any atom is 0.254 e. The van der Waals surface area contributed by atoms with Crippen molar-refractivity contribution in [3.63, 3.8) is 0 Å². The van der Waals surface area contributed by atoms with Gasteiger partial charge in [-0.1, -0.05) is 12.1 Å². The molecule has 4 N–H and O–H groups in total. The number of hydrogen-bond donors (Lipinski definition) is 2. The van der Waals surface area contributed by atoms with Gasteiger partial charge < -0.3 is 16.2 Å². The van der Waals surface area contributed by atoms with Crippen LogP contribution >= 0.6 is 0 Å². The Bertz CT molecular complexity index is 570. The van der Waals surface area contributed by atoms with Crippen LogP contribution < -0.4 is 16.2 Å². The topological polar surface area (TPSA) is 91.2 Å². The number of aromatic nitrogens is 1. The Balaban J connectivity index is 2.31. The number of carbonyl (C=O) groups excluding carboxylic acids is 1. The zero-order valence-electron chi connectivity index (χ0n) is 9.67. The Labute approximate surface area is 104 Å². The average molecular weight is 243 g/mol. The lowest BCUT2D eigenvalue weighted by molar-refractivity contribution is 0.0997. The fourth-order valence-corrected chi connectivity index (χ4v) is 1.51. The van der Waals surface area contributed by atoms with Crippen LogP contribution in [0.2, 0.25) is 0 Å². The molecule has 1 aromatic carbocycles. The lowest BCUT2D eigenvalue weighted by atomic mass is 10.2. The van der Waals surface area contributed by atoms with Crippen molar-refractivity contribution in [2.45, 2.75) is 6.54 Å². The third-order valence-electron chi connectivity index (χ3n) is 2.39. The molecule has 1 aromatic heterocycles. The normalized spacial score (nSPS) is 10.1. The van der Waals surface area contributed by atoms with Crippen molar-refractivity contribution < 1.29 is 9.53 Å². The van der Waals surface area contributed by atoms with E-state index in [1.807, 2.05) is 12.1 Å². The third kappa shape index (κ3) is 2.64. The standard InChI is InChI=1S/C13H13N3O2/c14-8-9-3-1-4-10(7-9)18-13-11(12(15)17)5-2-6-16-13/h1-7H,8,14H2,(H2,15,17). The molecule has 1 amide bonds. The van der Waals surface area contributed by atoms with Crippen molar-refractivity contribution >= 4 is 5.91 Å². The van der Waals surface area contributed by atoms with Gasteiger partial charge in [-0.2, -0.15) is 0 Å². The Hall–Kier alpha value is -2.40. The van der Waals surface area contributed by atoms with E-state index in [4.69, 9.17) is 16.2 Å². The first-order valence-corrected chi connectivity index (χ1v) is 5.42. The predicted molar refractivity (Wildman–Crippen MR) is 67.2 cm³/mol. The van der Waals surface area contributed by atoms with Crippen LogP contribution in [-0.4, -0.2) is 10.9 Å². The summed E-state index contributed by atoms with van der Waals surface area (Å²) in [4.78, 5) is 15.2. The molecule has 0 spiro atoms. The van der Waals surface area contributed by atoms with Crippen molar-refractivity contribution in [1.82, 2.24) is 4.98 Å². The number of hydrogen-bond acceptors (Lipinski definition) is 4. The molecule has 0 aliphatic heterocycles. The first-order chi connectivity index (χ1) is 8.70. The quantitative estimate of drug-likeness (QED) is 0.849. The van der Waals surface area contributed by atoms with Crippen molar-refractivity contribution in [3.05, 3.63) is 53.7 Å². The van der Waals surface area contributed by atoms with Gasteiger partial charge in [0.05, 0.1) is 0 Å². The Morgan fingerprint density at radius 1 is 1.28 bits per heavy atom. The van der Waals surface area contributed by atoms with Gasteiger partial charge in [0, 0.05) is 12.7 Å². The number of rotatable bonds is 4. The van der Waals surface area contributed by atoms with Crippen molar-refractivity contribution in [2.24, 2.45) is 11.5 Å². The van der Waals surface area contributed by atoms with Gasteiger partial charge >= 0.3 is 0 Å². The molecule has 5 nitrogen and oxygen atoms in total. The summed E-state index contributed by atoms with van der Waals surface area (Å²) in [5, 5.41) is 0. The highest BCUT2D eigenvalue weighted by Crippen LogP contribution is 2.23. The van der Waals surface area contributed by atoms with Crippen LogP contribution in [0.4, 0.5) is 0 Å². The van der Waals surface area contributed by atoms with Crippen LogP contribution in [-0.2, 0) is 6.54 Å². The molecule has 18 heavy (non-hydrogen) atoms. The third-order valence-corrected chi connectivity index (χ3v) is 2.39. The molecule has 92 valence electrons. The molecule has 2 aromatic rings. The minimum absolute atomic E-state index is 0.194. The molecule has 0 atom stereocenters. The van der Waals surface area contributed by atoms with E-state index in [0.717, 1.165) is 5.56 Å². The van der Waals surface area contributed by atoms with Crippen LogP contribution in [0, 0.1) is 0 Å². The van der Waals surface area contributed by atoms with E-state index in [-0.39, 0.29) is 11.4 Å². The number of pyridine rings is 1. The van der Waals surface area contributed by atoms with Gasteiger partial charge in [-0.3, -0.25) is 4.79 Å². The van der Waals surface area contributed by atoms with E-state index < -0.39 is 5.91 Å². The Kier molecular flexibility index (Phi) is 3.54. The molecule has 0 unspecified atom stereocenters. The van der Waals surface area contributed by atoms with Gasteiger partial charge in [0.15, 0.2) is 0 Å². The highest BCUT2D eigenvalue weighted by Gasteiger charge is 2.10. The van der Waals surface area contributed by atoms with Crippen molar-refractivity contribution in [3.8, 4) is 11.6 Å². The minimum Gasteiger partial charge on any atom is -0.438 e. The number of amides is 1. The molecule has 2 rings (SSSR count). The molecule has 1 heterocycles. The van der Waals surface area contributed by atoms with Crippen LogP contribution in [0.25, 0.3) is 0 Å². The molecule has 0 aliphatic carbocycles. The summed E-state index contributed by atoms with van der Waals surface area (Å²) in [6.07, 6.45) is 1.54. The second kappa shape index (κ2) is 5.29. The predicted octanol–water partition coefficient (Wildman–Crippen LogP) is 1.43. The fourth-order valence-electron chi connectivity index (χ4n) is 1.51. The monoisotopic (exact) mass is 243 g/mol. The molecule has 0 radical (unpaired) electrons. The summed E-state index contributed by atoms with van der Waals surface area (Å²) in [7, 11) is 0. The first-order valence-electron chi connectivity index (χ1n) is 5.42. The lowest BCUT2D eigenvalue weighted by Crippen LogP contribution is -2.12. The smallest absolute Gasteiger partial charge is 0.254 e. The summed E-state index contributed by atoms with van der Waals surface area (Å²) >= 11 is 0. The van der Waals surface area contributed by atoms with Gasteiger partial charge in [0.25, 0.3) is 5.91 Å². The molecule has 0 fully saturated rings. The number of nitrogens with zero attached hydrogens (tertiary/aromatic N) is 1. The Morgan fingerprint density at radius 2 is 2.11 bits per heavy atom. The first kappa shape index (κ1) is 12.1. The van der Waals surface area contributed by atoms with E-state index in [0.29, 0.717) is 12.3 Å². The molecular formula is C13H13N3O2. The minimum atomic E-state index is -0.576. The van der Waals surface area contributed by atoms with Crippen LogP contribution in [0.15, 0.2) is 42.6 Å². The average Bonchev–Trinajstić information content (AvgIpc) is 2.39. The molecular weight excluding hydrogens is 230 g/mol. The van der Waals surface area contributed by atoms with Gasteiger partial charge in [0.1, 0.15) is 11.3 Å². The number of ether oxygens (including phenoxy) is 1. The van der Waals surface area contributed by atoms with Gasteiger partial charge in [-0.25, -0.2) is 4.98 Å². The zero-order valence-corrected chi connectivity index (χ0v) is 9.67. The van der Waals surface area contributed by atoms with E-state index in [9.17, 15) is 4.79 Å². The van der Waals surface area contributed by atoms with E-state index in [1.54, 1.807) is 24.3 Å². The van der Waals surface area contributed by atoms with E-state index in [1.165, 1.54) is 6.20 Å². The summed E-state index contributed by atoms with van der Waals surface area (Å²) in [5.41, 5.74) is 12.0. The zero-order chi connectivity index (χ0) is 13.0. The largest absolute Gasteiger partial charge is 0.438 e. The van der Waals surface area contributed by atoms with Gasteiger partial charge in [-0.15, -0.1) is 0 Å². The van der Waals surface area contributed by atoms with Crippen molar-refractivity contribution in [2.75, 3.05) is 0 Å². The van der Waals surface area contributed by atoms with Gasteiger partial charge in [0.2, 0.25) is 5.88 Å².